The summed E-state index contributed by atoms with van der Waals surface area (Å²) in [5, 5.41) is 13.8. The van der Waals surface area contributed by atoms with E-state index in [9.17, 15) is 9.59 Å². The number of aliphatic carboxylic acids is 1. The molecule has 1 aliphatic rings. The molecule has 0 aromatic carbocycles. The van der Waals surface area contributed by atoms with E-state index in [0.29, 0.717) is 22.2 Å². The molecule has 1 fully saturated rings. The predicted octanol–water partition coefficient (Wildman–Crippen LogP) is 2.47. The third-order valence-corrected chi connectivity index (χ3v) is 5.15. The largest absolute Gasteiger partial charge is 0.478 e. The molecule has 1 unspecified atom stereocenters. The first kappa shape index (κ1) is 14.1. The van der Waals surface area contributed by atoms with Crippen LogP contribution in [-0.2, 0) is 4.79 Å². The van der Waals surface area contributed by atoms with Crippen molar-refractivity contribution in [1.29, 1.82) is 0 Å². The van der Waals surface area contributed by atoms with Crippen LogP contribution in [0.2, 0.25) is 0 Å². The molecule has 1 amide bonds. The Labute approximate surface area is 119 Å². The van der Waals surface area contributed by atoms with Gasteiger partial charge in [0.15, 0.2) is 0 Å². The van der Waals surface area contributed by atoms with Crippen LogP contribution in [0.1, 0.15) is 28.1 Å². The highest BCUT2D eigenvalue weighted by Crippen LogP contribution is 2.25. The first-order valence-electron chi connectivity index (χ1n) is 6.05. The molecule has 1 aromatic rings. The number of carboxylic acids is 1. The maximum atomic E-state index is 12.0. The summed E-state index contributed by atoms with van der Waals surface area (Å²) in [4.78, 5) is 23.1. The maximum absolute atomic E-state index is 12.0. The number of thioether (sulfide) groups is 1. The fraction of sp³-hybridized carbons (Fsp3) is 0.385. The molecule has 1 aliphatic heterocycles. The van der Waals surface area contributed by atoms with Crippen LogP contribution in [0.15, 0.2) is 17.5 Å². The quantitative estimate of drug-likeness (QED) is 0.819. The van der Waals surface area contributed by atoms with Crippen molar-refractivity contribution in [2.45, 2.75) is 18.1 Å². The van der Waals surface area contributed by atoms with Crippen molar-refractivity contribution in [1.82, 2.24) is 5.32 Å². The molecule has 1 saturated heterocycles. The van der Waals surface area contributed by atoms with E-state index in [1.807, 2.05) is 11.8 Å². The molecule has 0 saturated carbocycles. The number of carbonyl (C=O) groups is 2. The SMILES string of the molecule is O=C(O)/C=C/c1ccsc1C(=O)NCC1CCCS1. The molecule has 6 heteroatoms. The number of amides is 1. The molecule has 1 aromatic heterocycles. The van der Waals surface area contributed by atoms with Gasteiger partial charge in [-0.1, -0.05) is 0 Å². The average Bonchev–Trinajstić information content (AvgIpc) is 3.04. The maximum Gasteiger partial charge on any atom is 0.328 e. The third-order valence-electron chi connectivity index (χ3n) is 2.82. The monoisotopic (exact) mass is 297 g/mol. The van der Waals surface area contributed by atoms with Crippen LogP contribution >= 0.6 is 23.1 Å². The number of carboxylic acid groups (broad SMARTS) is 1. The molecule has 102 valence electrons. The van der Waals surface area contributed by atoms with E-state index in [1.165, 1.54) is 29.6 Å². The Balaban J connectivity index is 1.94. The summed E-state index contributed by atoms with van der Waals surface area (Å²) in [6, 6.07) is 1.75. The lowest BCUT2D eigenvalue weighted by molar-refractivity contribution is -0.131. The molecule has 4 nitrogen and oxygen atoms in total. The Morgan fingerprint density at radius 1 is 1.53 bits per heavy atom. The van der Waals surface area contributed by atoms with Gasteiger partial charge in [0, 0.05) is 17.9 Å². The van der Waals surface area contributed by atoms with Gasteiger partial charge in [-0.25, -0.2) is 4.79 Å². The molecule has 0 aliphatic carbocycles. The zero-order chi connectivity index (χ0) is 13.7. The summed E-state index contributed by atoms with van der Waals surface area (Å²) in [6.07, 6.45) is 4.88. The molecule has 19 heavy (non-hydrogen) atoms. The third kappa shape index (κ3) is 4.11. The summed E-state index contributed by atoms with van der Waals surface area (Å²) < 4.78 is 0. The summed E-state index contributed by atoms with van der Waals surface area (Å²) in [5.74, 6) is 0.0408. The number of rotatable bonds is 5. The highest BCUT2D eigenvalue weighted by Gasteiger charge is 2.18. The van der Waals surface area contributed by atoms with Crippen LogP contribution < -0.4 is 5.32 Å². The van der Waals surface area contributed by atoms with Crippen LogP contribution in [0.5, 0.6) is 0 Å². The van der Waals surface area contributed by atoms with Crippen molar-refractivity contribution < 1.29 is 14.7 Å². The van der Waals surface area contributed by atoms with Gasteiger partial charge in [0.2, 0.25) is 0 Å². The second-order valence-electron chi connectivity index (χ2n) is 4.22. The summed E-state index contributed by atoms with van der Waals surface area (Å²) in [5.41, 5.74) is 0.656. The molecule has 2 rings (SSSR count). The second kappa shape index (κ2) is 6.77. The van der Waals surface area contributed by atoms with E-state index in [4.69, 9.17) is 5.11 Å². The number of thiophene rings is 1. The zero-order valence-electron chi connectivity index (χ0n) is 10.3. The number of hydrogen-bond acceptors (Lipinski definition) is 4. The predicted molar refractivity (Wildman–Crippen MR) is 78.8 cm³/mol. The average molecular weight is 297 g/mol. The van der Waals surface area contributed by atoms with E-state index < -0.39 is 5.97 Å². The van der Waals surface area contributed by atoms with Crippen LogP contribution in [0.25, 0.3) is 6.08 Å². The topological polar surface area (TPSA) is 66.4 Å². The number of carbonyl (C=O) groups excluding carboxylic acids is 1. The molecule has 0 radical (unpaired) electrons. The van der Waals surface area contributed by atoms with Gasteiger partial charge in [-0.2, -0.15) is 11.8 Å². The Hall–Kier alpha value is -1.27. The summed E-state index contributed by atoms with van der Waals surface area (Å²) in [6.45, 7) is 0.684. The van der Waals surface area contributed by atoms with Crippen LogP contribution in [-0.4, -0.2) is 34.5 Å². The smallest absolute Gasteiger partial charge is 0.328 e. The van der Waals surface area contributed by atoms with Crippen molar-refractivity contribution in [3.63, 3.8) is 0 Å². The fourth-order valence-corrected chi connectivity index (χ4v) is 3.89. The number of nitrogens with one attached hydrogen (secondary N) is 1. The molecule has 2 heterocycles. The van der Waals surface area contributed by atoms with Crippen LogP contribution in [0.3, 0.4) is 0 Å². The molecule has 0 spiro atoms. The van der Waals surface area contributed by atoms with E-state index in [-0.39, 0.29) is 5.91 Å². The van der Waals surface area contributed by atoms with Crippen LogP contribution in [0, 0.1) is 0 Å². The van der Waals surface area contributed by atoms with Gasteiger partial charge in [-0.3, -0.25) is 4.79 Å². The Morgan fingerprint density at radius 3 is 3.05 bits per heavy atom. The summed E-state index contributed by atoms with van der Waals surface area (Å²) >= 11 is 3.23. The van der Waals surface area contributed by atoms with Gasteiger partial charge in [0.05, 0.1) is 4.88 Å². The normalized spacial score (nSPS) is 18.8. The van der Waals surface area contributed by atoms with Gasteiger partial charge in [0.25, 0.3) is 5.91 Å². The zero-order valence-corrected chi connectivity index (χ0v) is 11.9. The van der Waals surface area contributed by atoms with E-state index in [1.54, 1.807) is 11.4 Å². The molecule has 1 atom stereocenters. The highest BCUT2D eigenvalue weighted by atomic mass is 32.2. The van der Waals surface area contributed by atoms with Gasteiger partial charge in [-0.05, 0) is 41.7 Å². The molecular weight excluding hydrogens is 282 g/mol. The highest BCUT2D eigenvalue weighted by molar-refractivity contribution is 8.00. The van der Waals surface area contributed by atoms with Crippen LogP contribution in [0.4, 0.5) is 0 Å². The van der Waals surface area contributed by atoms with Gasteiger partial charge in [0.1, 0.15) is 0 Å². The minimum absolute atomic E-state index is 0.118. The Bertz CT molecular complexity index is 490. The first-order chi connectivity index (χ1) is 9.16. The van der Waals surface area contributed by atoms with E-state index in [0.717, 1.165) is 12.5 Å². The van der Waals surface area contributed by atoms with Gasteiger partial charge >= 0.3 is 5.97 Å². The van der Waals surface area contributed by atoms with Gasteiger partial charge in [-0.15, -0.1) is 11.3 Å². The lowest BCUT2D eigenvalue weighted by atomic mass is 10.2. The van der Waals surface area contributed by atoms with E-state index in [2.05, 4.69) is 5.32 Å². The van der Waals surface area contributed by atoms with Crippen molar-refractivity contribution in [3.05, 3.63) is 28.0 Å². The standard InChI is InChI=1S/C13H15NO3S2/c15-11(16)4-3-9-5-7-19-12(9)13(17)14-8-10-2-1-6-18-10/h3-5,7,10H,1-2,6,8H2,(H,14,17)(H,15,16)/b4-3+. The lowest BCUT2D eigenvalue weighted by Crippen LogP contribution is -2.29. The number of hydrogen-bond donors (Lipinski definition) is 2. The van der Waals surface area contributed by atoms with Gasteiger partial charge < -0.3 is 10.4 Å². The Morgan fingerprint density at radius 2 is 2.37 bits per heavy atom. The first-order valence-corrected chi connectivity index (χ1v) is 7.98. The summed E-state index contributed by atoms with van der Waals surface area (Å²) in [7, 11) is 0. The second-order valence-corrected chi connectivity index (χ2v) is 6.55. The minimum atomic E-state index is -1.01. The lowest BCUT2D eigenvalue weighted by Gasteiger charge is -2.09. The van der Waals surface area contributed by atoms with Crippen molar-refractivity contribution >= 4 is 41.1 Å². The van der Waals surface area contributed by atoms with Crippen molar-refractivity contribution in [2.75, 3.05) is 12.3 Å². The fourth-order valence-electron chi connectivity index (χ4n) is 1.89. The minimum Gasteiger partial charge on any atom is -0.478 e. The Kier molecular flexibility index (Phi) is 5.04. The molecular formula is C13H15NO3S2. The molecule has 0 bridgehead atoms. The molecule has 2 N–H and O–H groups in total. The van der Waals surface area contributed by atoms with E-state index >= 15 is 0 Å². The van der Waals surface area contributed by atoms with Crippen molar-refractivity contribution in [2.24, 2.45) is 0 Å². The van der Waals surface area contributed by atoms with Crippen molar-refractivity contribution in [3.8, 4) is 0 Å².